The number of nitrogens with zero attached hydrogens (tertiary/aromatic N) is 2. The van der Waals surface area contributed by atoms with Crippen molar-refractivity contribution in [3.8, 4) is 5.88 Å². The second kappa shape index (κ2) is 6.22. The number of fused-ring (bicyclic) bond motifs is 3. The van der Waals surface area contributed by atoms with Gasteiger partial charge in [-0.15, -0.1) is 0 Å². The first-order valence-corrected chi connectivity index (χ1v) is 8.23. The van der Waals surface area contributed by atoms with E-state index in [9.17, 15) is 9.90 Å². The van der Waals surface area contributed by atoms with Gasteiger partial charge in [0.1, 0.15) is 0 Å². The summed E-state index contributed by atoms with van der Waals surface area (Å²) < 4.78 is 5.34. The van der Waals surface area contributed by atoms with Crippen molar-refractivity contribution in [3.05, 3.63) is 58.9 Å². The molecule has 0 saturated heterocycles. The van der Waals surface area contributed by atoms with Crippen LogP contribution in [-0.2, 0) is 19.5 Å². The second-order valence-corrected chi connectivity index (χ2v) is 6.25. The van der Waals surface area contributed by atoms with Gasteiger partial charge in [0.15, 0.2) is 0 Å². The van der Waals surface area contributed by atoms with Gasteiger partial charge in [0.25, 0.3) is 0 Å². The Balaban J connectivity index is 1.66. The predicted octanol–water partition coefficient (Wildman–Crippen LogP) is 2.83. The minimum Gasteiger partial charge on any atom is -0.481 e. The number of para-hydroxylation sites is 1. The number of benzene rings is 1. The smallest absolute Gasteiger partial charge is 0.337 e. The number of ether oxygens (including phenoxy) is 1. The number of carboxylic acid groups (broad SMARTS) is 1. The number of nitrogens with one attached hydrogen (secondary N) is 1. The Labute approximate surface area is 145 Å². The number of aromatic amines is 1. The Kier molecular flexibility index (Phi) is 3.89. The van der Waals surface area contributed by atoms with E-state index in [1.165, 1.54) is 5.56 Å². The highest BCUT2D eigenvalue weighted by molar-refractivity contribution is 6.03. The number of hydrogen-bond donors (Lipinski definition) is 2. The first kappa shape index (κ1) is 15.7. The van der Waals surface area contributed by atoms with E-state index >= 15 is 0 Å². The molecule has 0 bridgehead atoms. The molecule has 1 aromatic carbocycles. The molecule has 0 atom stereocenters. The largest absolute Gasteiger partial charge is 0.481 e. The zero-order valence-corrected chi connectivity index (χ0v) is 14.0. The van der Waals surface area contributed by atoms with Crippen LogP contribution in [0.2, 0.25) is 0 Å². The van der Waals surface area contributed by atoms with Crippen LogP contribution in [0.1, 0.15) is 27.2 Å². The highest BCUT2D eigenvalue weighted by Gasteiger charge is 2.23. The molecule has 1 aliphatic heterocycles. The van der Waals surface area contributed by atoms with Crippen LogP contribution in [-0.4, -0.2) is 39.6 Å². The molecule has 0 fully saturated rings. The summed E-state index contributed by atoms with van der Waals surface area (Å²) in [5.41, 5.74) is 4.43. The van der Waals surface area contributed by atoms with Crippen LogP contribution in [0.25, 0.3) is 10.9 Å². The number of aromatic nitrogens is 2. The first-order chi connectivity index (χ1) is 12.2. The zero-order chi connectivity index (χ0) is 17.4. The zero-order valence-electron chi connectivity index (χ0n) is 14.0. The molecule has 128 valence electrons. The topological polar surface area (TPSA) is 78.5 Å². The van der Waals surface area contributed by atoms with E-state index in [1.54, 1.807) is 19.4 Å². The Morgan fingerprint density at radius 2 is 2.24 bits per heavy atom. The fourth-order valence-corrected chi connectivity index (χ4v) is 3.58. The number of carboxylic acids is 1. The Morgan fingerprint density at radius 1 is 1.36 bits per heavy atom. The van der Waals surface area contributed by atoms with Crippen LogP contribution in [0.5, 0.6) is 5.88 Å². The molecule has 0 unspecified atom stereocenters. The first-order valence-electron chi connectivity index (χ1n) is 8.23. The van der Waals surface area contributed by atoms with Gasteiger partial charge < -0.3 is 14.8 Å². The summed E-state index contributed by atoms with van der Waals surface area (Å²) in [5.74, 6) is -0.249. The van der Waals surface area contributed by atoms with Crippen LogP contribution in [0.4, 0.5) is 0 Å². The van der Waals surface area contributed by atoms with Crippen molar-refractivity contribution in [1.29, 1.82) is 0 Å². The molecule has 6 heteroatoms. The number of hydrogen-bond acceptors (Lipinski definition) is 4. The summed E-state index contributed by atoms with van der Waals surface area (Å²) in [6, 6.07) is 9.39. The summed E-state index contributed by atoms with van der Waals surface area (Å²) in [5, 5.41) is 10.4. The summed E-state index contributed by atoms with van der Waals surface area (Å²) in [6.45, 7) is 2.43. The minimum atomic E-state index is -0.902. The molecule has 1 aliphatic rings. The second-order valence-electron chi connectivity index (χ2n) is 6.25. The highest BCUT2D eigenvalue weighted by Crippen LogP contribution is 2.30. The molecular formula is C19H19N3O3. The monoisotopic (exact) mass is 337 g/mol. The van der Waals surface area contributed by atoms with Crippen molar-refractivity contribution in [1.82, 2.24) is 14.9 Å². The van der Waals surface area contributed by atoms with Gasteiger partial charge in [0.2, 0.25) is 5.88 Å². The van der Waals surface area contributed by atoms with E-state index in [1.807, 2.05) is 24.3 Å². The molecule has 0 spiro atoms. The number of carbonyl (C=O) groups is 1. The van der Waals surface area contributed by atoms with Gasteiger partial charge in [0.05, 0.1) is 18.2 Å². The van der Waals surface area contributed by atoms with Gasteiger partial charge in [-0.2, -0.15) is 0 Å². The molecular weight excluding hydrogens is 318 g/mol. The third kappa shape index (κ3) is 2.74. The number of H-pyrrole nitrogens is 1. The molecule has 6 nitrogen and oxygen atoms in total. The Hall–Kier alpha value is -2.86. The van der Waals surface area contributed by atoms with E-state index in [-0.39, 0.29) is 0 Å². The molecule has 0 radical (unpaired) electrons. The predicted molar refractivity (Wildman–Crippen MR) is 93.9 cm³/mol. The van der Waals surface area contributed by atoms with E-state index in [2.05, 4.69) is 14.9 Å². The van der Waals surface area contributed by atoms with E-state index < -0.39 is 5.97 Å². The van der Waals surface area contributed by atoms with Gasteiger partial charge in [-0.1, -0.05) is 18.2 Å². The SMILES string of the molecule is COc1ncccc1CN1CCc2[nH]c3c(C(=O)O)cccc3c2C1. The van der Waals surface area contributed by atoms with Crippen molar-refractivity contribution in [3.63, 3.8) is 0 Å². The molecule has 2 N–H and O–H groups in total. The van der Waals surface area contributed by atoms with Crippen LogP contribution in [0.15, 0.2) is 36.5 Å². The van der Waals surface area contributed by atoms with E-state index in [0.717, 1.165) is 48.2 Å². The van der Waals surface area contributed by atoms with Gasteiger partial charge in [-0.05, 0) is 17.7 Å². The fourth-order valence-electron chi connectivity index (χ4n) is 3.58. The van der Waals surface area contributed by atoms with Gasteiger partial charge >= 0.3 is 5.97 Å². The average molecular weight is 337 g/mol. The minimum absolute atomic E-state index is 0.326. The van der Waals surface area contributed by atoms with Crippen molar-refractivity contribution in [2.45, 2.75) is 19.5 Å². The van der Waals surface area contributed by atoms with Crippen molar-refractivity contribution in [2.24, 2.45) is 0 Å². The van der Waals surface area contributed by atoms with Gasteiger partial charge in [-0.3, -0.25) is 4.90 Å². The molecule has 3 heterocycles. The lowest BCUT2D eigenvalue weighted by Gasteiger charge is -2.27. The summed E-state index contributed by atoms with van der Waals surface area (Å²) in [6.07, 6.45) is 2.59. The maximum atomic E-state index is 11.5. The van der Waals surface area contributed by atoms with Crippen molar-refractivity contribution >= 4 is 16.9 Å². The maximum Gasteiger partial charge on any atom is 0.337 e. The Bertz CT molecular complexity index is 948. The number of pyridine rings is 1. The lowest BCUT2D eigenvalue weighted by atomic mass is 10.0. The normalized spacial score (nSPS) is 14.4. The van der Waals surface area contributed by atoms with Crippen molar-refractivity contribution in [2.75, 3.05) is 13.7 Å². The maximum absolute atomic E-state index is 11.5. The highest BCUT2D eigenvalue weighted by atomic mass is 16.5. The van der Waals surface area contributed by atoms with Gasteiger partial charge in [-0.25, -0.2) is 9.78 Å². The number of aromatic carboxylic acids is 1. The van der Waals surface area contributed by atoms with Crippen LogP contribution in [0, 0.1) is 0 Å². The van der Waals surface area contributed by atoms with Crippen LogP contribution >= 0.6 is 0 Å². The summed E-state index contributed by atoms with van der Waals surface area (Å²) in [4.78, 5) is 21.4. The van der Waals surface area contributed by atoms with Crippen LogP contribution in [0.3, 0.4) is 0 Å². The number of methoxy groups -OCH3 is 1. The van der Waals surface area contributed by atoms with Crippen molar-refractivity contribution < 1.29 is 14.6 Å². The van der Waals surface area contributed by atoms with E-state index in [4.69, 9.17) is 4.74 Å². The Morgan fingerprint density at radius 3 is 3.04 bits per heavy atom. The molecule has 2 aromatic heterocycles. The lowest BCUT2D eigenvalue weighted by Crippen LogP contribution is -2.30. The quantitative estimate of drug-likeness (QED) is 0.765. The standard InChI is InChI=1S/C19H19N3O3/c1-25-18-12(4-3-8-20-18)10-22-9-7-16-15(11-22)13-5-2-6-14(19(23)24)17(13)21-16/h2-6,8,21H,7,9-11H2,1H3,(H,23,24). The average Bonchev–Trinajstić information content (AvgIpc) is 3.00. The lowest BCUT2D eigenvalue weighted by molar-refractivity contribution is 0.0699. The summed E-state index contributed by atoms with van der Waals surface area (Å²) in [7, 11) is 1.63. The molecule has 0 saturated carbocycles. The molecule has 3 aromatic rings. The number of rotatable bonds is 4. The van der Waals surface area contributed by atoms with Crippen LogP contribution < -0.4 is 4.74 Å². The third-order valence-electron chi connectivity index (χ3n) is 4.76. The molecule has 0 amide bonds. The molecule has 0 aliphatic carbocycles. The molecule has 25 heavy (non-hydrogen) atoms. The van der Waals surface area contributed by atoms with E-state index in [0.29, 0.717) is 11.4 Å². The molecule has 4 rings (SSSR count). The van der Waals surface area contributed by atoms with Gasteiger partial charge in [0, 0.05) is 48.9 Å². The third-order valence-corrected chi connectivity index (χ3v) is 4.76. The fraction of sp³-hybridized carbons (Fsp3) is 0.263. The summed E-state index contributed by atoms with van der Waals surface area (Å²) >= 11 is 0.